The Morgan fingerprint density at radius 1 is 0.583 bits per heavy atom. The smallest absolute Gasteiger partial charge is 0.0199 e. The highest BCUT2D eigenvalue weighted by atomic mass is 14.4. The molecule has 6 unspecified atom stereocenters. The summed E-state index contributed by atoms with van der Waals surface area (Å²) in [5.74, 6) is 6.03. The second-order valence-corrected chi connectivity index (χ2v) is 9.07. The normalized spacial score (nSPS) is 37.9. The molecule has 2 saturated carbocycles. The Balaban J connectivity index is 0.000000143. The summed E-state index contributed by atoms with van der Waals surface area (Å²) in [5.41, 5.74) is 0. The molecule has 0 N–H and O–H groups in total. The molecule has 0 aromatic carbocycles. The summed E-state index contributed by atoms with van der Waals surface area (Å²) in [6.07, 6.45) is 27.4. The van der Waals surface area contributed by atoms with Gasteiger partial charge in [0.1, 0.15) is 0 Å². The molecule has 6 atom stereocenters. The van der Waals surface area contributed by atoms with Crippen LogP contribution in [0.15, 0.2) is 24.3 Å². The van der Waals surface area contributed by atoms with Crippen LogP contribution in [-0.2, 0) is 0 Å². The molecule has 0 aromatic heterocycles. The van der Waals surface area contributed by atoms with E-state index >= 15 is 0 Å². The average molecular weight is 329 g/mol. The largest absolute Gasteiger partial charge is 0.0851 e. The molecule has 136 valence electrons. The summed E-state index contributed by atoms with van der Waals surface area (Å²) >= 11 is 0. The van der Waals surface area contributed by atoms with E-state index in [2.05, 4.69) is 38.2 Å². The first-order valence-corrected chi connectivity index (χ1v) is 11.2. The summed E-state index contributed by atoms with van der Waals surface area (Å²) in [7, 11) is 0. The number of unbranched alkanes of at least 4 members (excludes halogenated alkanes) is 4. The third-order valence-corrected chi connectivity index (χ3v) is 7.19. The predicted octanol–water partition coefficient (Wildman–Crippen LogP) is 7.56. The lowest BCUT2D eigenvalue weighted by atomic mass is 9.88. The SMILES string of the molecule is CCCCC1CC2C=CC1C2.CCCCCCC1CC2C=CC1C2. The third-order valence-electron chi connectivity index (χ3n) is 7.19. The molecule has 4 aliphatic rings. The van der Waals surface area contributed by atoms with Gasteiger partial charge in [0.05, 0.1) is 0 Å². The molecule has 0 nitrogen and oxygen atoms in total. The molecule has 0 heteroatoms. The van der Waals surface area contributed by atoms with E-state index in [1.807, 2.05) is 0 Å². The van der Waals surface area contributed by atoms with E-state index in [0.29, 0.717) is 0 Å². The molecule has 0 amide bonds. The van der Waals surface area contributed by atoms with Gasteiger partial charge in [-0.2, -0.15) is 0 Å². The summed E-state index contributed by atoms with van der Waals surface area (Å²) < 4.78 is 0. The van der Waals surface area contributed by atoms with Crippen LogP contribution < -0.4 is 0 Å². The molecule has 0 saturated heterocycles. The molecular formula is C24H40. The number of allylic oxidation sites excluding steroid dienone is 4. The van der Waals surface area contributed by atoms with E-state index in [0.717, 1.165) is 35.5 Å². The van der Waals surface area contributed by atoms with Gasteiger partial charge in [-0.05, 0) is 74.0 Å². The van der Waals surface area contributed by atoms with E-state index in [4.69, 9.17) is 0 Å². The van der Waals surface area contributed by atoms with Crippen LogP contribution in [0, 0.1) is 35.5 Å². The lowest BCUT2D eigenvalue weighted by Crippen LogP contribution is -2.06. The highest BCUT2D eigenvalue weighted by Crippen LogP contribution is 2.46. The molecule has 0 heterocycles. The van der Waals surface area contributed by atoms with Crippen LogP contribution in [0.4, 0.5) is 0 Å². The zero-order valence-corrected chi connectivity index (χ0v) is 16.3. The van der Waals surface area contributed by atoms with Crippen molar-refractivity contribution in [3.05, 3.63) is 24.3 Å². The van der Waals surface area contributed by atoms with Crippen molar-refractivity contribution < 1.29 is 0 Å². The standard InChI is InChI=1S/C13H22.C11H18/c1-2-3-4-5-6-12-9-11-7-8-13(12)10-11;1-2-3-4-10-7-9-5-6-11(10)8-9/h7-8,11-13H,2-6,9-10H2,1H3;5-6,9-11H,2-4,7-8H2,1H3. The molecule has 4 rings (SSSR count). The van der Waals surface area contributed by atoms with Crippen LogP contribution in [0.2, 0.25) is 0 Å². The average Bonchev–Trinajstić information content (AvgIpc) is 3.38. The maximum atomic E-state index is 2.48. The van der Waals surface area contributed by atoms with E-state index < -0.39 is 0 Å². The Kier molecular flexibility index (Phi) is 7.05. The molecule has 0 spiro atoms. The van der Waals surface area contributed by atoms with Crippen LogP contribution in [0.25, 0.3) is 0 Å². The van der Waals surface area contributed by atoms with Crippen LogP contribution in [0.1, 0.15) is 90.9 Å². The minimum atomic E-state index is 0.973. The molecule has 0 aliphatic heterocycles. The minimum absolute atomic E-state index is 0.973. The molecule has 4 aliphatic carbocycles. The molecular weight excluding hydrogens is 288 g/mol. The van der Waals surface area contributed by atoms with Gasteiger partial charge < -0.3 is 0 Å². The molecule has 2 fully saturated rings. The van der Waals surface area contributed by atoms with Crippen LogP contribution in [0.3, 0.4) is 0 Å². The molecule has 0 radical (unpaired) electrons. The van der Waals surface area contributed by atoms with Crippen LogP contribution >= 0.6 is 0 Å². The van der Waals surface area contributed by atoms with Crippen LogP contribution in [-0.4, -0.2) is 0 Å². The van der Waals surface area contributed by atoms with Crippen molar-refractivity contribution in [3.8, 4) is 0 Å². The van der Waals surface area contributed by atoms with Gasteiger partial charge in [-0.3, -0.25) is 0 Å². The van der Waals surface area contributed by atoms with Gasteiger partial charge >= 0.3 is 0 Å². The van der Waals surface area contributed by atoms with Gasteiger partial charge in [-0.15, -0.1) is 0 Å². The number of rotatable bonds is 8. The third kappa shape index (κ3) is 4.77. The Hall–Kier alpha value is -0.520. The van der Waals surface area contributed by atoms with E-state index in [9.17, 15) is 0 Å². The second kappa shape index (κ2) is 9.25. The Morgan fingerprint density at radius 2 is 1.12 bits per heavy atom. The number of hydrogen-bond acceptors (Lipinski definition) is 0. The van der Waals surface area contributed by atoms with E-state index in [-0.39, 0.29) is 0 Å². The van der Waals surface area contributed by atoms with Crippen molar-refractivity contribution in [2.24, 2.45) is 35.5 Å². The van der Waals surface area contributed by atoms with Crippen molar-refractivity contribution in [1.29, 1.82) is 0 Å². The highest BCUT2D eigenvalue weighted by molar-refractivity contribution is 5.10. The summed E-state index contributed by atoms with van der Waals surface area (Å²) in [6.45, 7) is 4.59. The zero-order chi connectivity index (χ0) is 16.8. The molecule has 24 heavy (non-hydrogen) atoms. The van der Waals surface area contributed by atoms with Gasteiger partial charge in [0.25, 0.3) is 0 Å². The highest BCUT2D eigenvalue weighted by Gasteiger charge is 2.35. The van der Waals surface area contributed by atoms with Gasteiger partial charge in [0.15, 0.2) is 0 Å². The zero-order valence-electron chi connectivity index (χ0n) is 16.3. The van der Waals surface area contributed by atoms with Gasteiger partial charge in [0, 0.05) is 0 Å². The first kappa shape index (κ1) is 18.3. The van der Waals surface area contributed by atoms with Crippen LogP contribution in [0.5, 0.6) is 0 Å². The Bertz CT molecular complexity index is 418. The summed E-state index contributed by atoms with van der Waals surface area (Å²) in [4.78, 5) is 0. The predicted molar refractivity (Wildman–Crippen MR) is 106 cm³/mol. The van der Waals surface area contributed by atoms with Crippen molar-refractivity contribution in [2.45, 2.75) is 90.9 Å². The van der Waals surface area contributed by atoms with Crippen molar-refractivity contribution in [3.63, 3.8) is 0 Å². The summed E-state index contributed by atoms with van der Waals surface area (Å²) in [6, 6.07) is 0. The van der Waals surface area contributed by atoms with Gasteiger partial charge in [0.2, 0.25) is 0 Å². The first-order valence-electron chi connectivity index (χ1n) is 11.2. The summed E-state index contributed by atoms with van der Waals surface area (Å²) in [5, 5.41) is 0. The maximum absolute atomic E-state index is 2.48. The van der Waals surface area contributed by atoms with Crippen molar-refractivity contribution in [1.82, 2.24) is 0 Å². The lowest BCUT2D eigenvalue weighted by molar-refractivity contribution is 0.395. The van der Waals surface area contributed by atoms with Gasteiger partial charge in [-0.1, -0.05) is 76.7 Å². The second-order valence-electron chi connectivity index (χ2n) is 9.07. The Morgan fingerprint density at radius 3 is 1.54 bits per heavy atom. The van der Waals surface area contributed by atoms with E-state index in [1.165, 1.54) is 77.0 Å². The minimum Gasteiger partial charge on any atom is -0.0851 e. The fraction of sp³-hybridized carbons (Fsp3) is 0.833. The quantitative estimate of drug-likeness (QED) is 0.318. The molecule has 0 aromatic rings. The number of fused-ring (bicyclic) bond motifs is 4. The topological polar surface area (TPSA) is 0 Å². The lowest BCUT2D eigenvalue weighted by Gasteiger charge is -2.17. The molecule has 4 bridgehead atoms. The first-order chi connectivity index (χ1) is 11.8. The maximum Gasteiger partial charge on any atom is -0.0199 e. The van der Waals surface area contributed by atoms with Crippen molar-refractivity contribution >= 4 is 0 Å². The van der Waals surface area contributed by atoms with E-state index in [1.54, 1.807) is 0 Å². The Labute approximate surface area is 151 Å². The fourth-order valence-electron chi connectivity index (χ4n) is 5.75. The van der Waals surface area contributed by atoms with Crippen molar-refractivity contribution in [2.75, 3.05) is 0 Å². The number of hydrogen-bond donors (Lipinski definition) is 0. The van der Waals surface area contributed by atoms with Gasteiger partial charge in [-0.25, -0.2) is 0 Å². The monoisotopic (exact) mass is 328 g/mol. The fourth-order valence-corrected chi connectivity index (χ4v) is 5.75.